The van der Waals surface area contributed by atoms with Crippen LogP contribution in [0.25, 0.3) is 11.3 Å². The van der Waals surface area contributed by atoms with Crippen molar-refractivity contribution in [3.63, 3.8) is 0 Å². The van der Waals surface area contributed by atoms with Crippen molar-refractivity contribution in [1.82, 2.24) is 9.97 Å². The minimum Gasteiger partial charge on any atom is -0.439 e. The highest BCUT2D eigenvalue weighted by molar-refractivity contribution is 5.59. The molecule has 0 aliphatic rings. The van der Waals surface area contributed by atoms with Crippen LogP contribution in [0.15, 0.2) is 67.0 Å². The third kappa shape index (κ3) is 3.06. The van der Waals surface area contributed by atoms with Crippen LogP contribution in [0.3, 0.4) is 0 Å². The first-order valence-corrected chi connectivity index (χ1v) is 6.52. The fourth-order valence-electron chi connectivity index (χ4n) is 1.89. The summed E-state index contributed by atoms with van der Waals surface area (Å²) in [5, 5.41) is 10.6. The Morgan fingerprint density at radius 2 is 1.77 bits per heavy atom. The summed E-state index contributed by atoms with van der Waals surface area (Å²) in [5.74, 6) is 0.900. The normalized spacial score (nSPS) is 10.2. The molecule has 0 unspecified atom stereocenters. The van der Waals surface area contributed by atoms with Crippen molar-refractivity contribution in [2.75, 3.05) is 0 Å². The van der Waals surface area contributed by atoms with E-state index < -0.39 is 4.92 Å². The molecule has 0 fully saturated rings. The van der Waals surface area contributed by atoms with E-state index >= 15 is 0 Å². The predicted molar refractivity (Wildman–Crippen MR) is 80.6 cm³/mol. The van der Waals surface area contributed by atoms with Gasteiger partial charge in [-0.1, -0.05) is 6.07 Å². The van der Waals surface area contributed by atoms with E-state index in [4.69, 9.17) is 4.74 Å². The first-order chi connectivity index (χ1) is 10.7. The molecular weight excluding hydrogens is 282 g/mol. The van der Waals surface area contributed by atoms with E-state index in [1.165, 1.54) is 12.1 Å². The van der Waals surface area contributed by atoms with Gasteiger partial charge in [0.25, 0.3) is 5.69 Å². The second-order valence-corrected chi connectivity index (χ2v) is 4.45. The molecular formula is C16H11N3O3. The van der Waals surface area contributed by atoms with Gasteiger partial charge in [0.2, 0.25) is 5.88 Å². The fourth-order valence-corrected chi connectivity index (χ4v) is 1.89. The summed E-state index contributed by atoms with van der Waals surface area (Å²) in [6.45, 7) is 0. The van der Waals surface area contributed by atoms with Gasteiger partial charge in [0.05, 0.1) is 10.6 Å². The molecule has 6 nitrogen and oxygen atoms in total. The molecule has 0 atom stereocenters. The summed E-state index contributed by atoms with van der Waals surface area (Å²) in [4.78, 5) is 18.2. The highest BCUT2D eigenvalue weighted by Crippen LogP contribution is 2.24. The molecule has 108 valence electrons. The second kappa shape index (κ2) is 6.01. The van der Waals surface area contributed by atoms with Gasteiger partial charge < -0.3 is 4.74 Å². The van der Waals surface area contributed by atoms with E-state index in [-0.39, 0.29) is 5.69 Å². The molecule has 0 amide bonds. The molecule has 0 bridgehead atoms. The van der Waals surface area contributed by atoms with Gasteiger partial charge in [-0.15, -0.1) is 0 Å². The lowest BCUT2D eigenvalue weighted by Gasteiger charge is -2.05. The number of benzene rings is 1. The molecule has 0 radical (unpaired) electrons. The topological polar surface area (TPSA) is 78.2 Å². The lowest BCUT2D eigenvalue weighted by molar-refractivity contribution is -0.385. The highest BCUT2D eigenvalue weighted by atomic mass is 16.6. The predicted octanol–water partition coefficient (Wildman–Crippen LogP) is 3.84. The van der Waals surface area contributed by atoms with Gasteiger partial charge in [0, 0.05) is 23.9 Å². The largest absolute Gasteiger partial charge is 0.439 e. The van der Waals surface area contributed by atoms with Crippen LogP contribution in [0.2, 0.25) is 0 Å². The van der Waals surface area contributed by atoms with E-state index in [2.05, 4.69) is 9.97 Å². The molecule has 0 N–H and O–H groups in total. The summed E-state index contributed by atoms with van der Waals surface area (Å²) in [7, 11) is 0. The van der Waals surface area contributed by atoms with Crippen LogP contribution < -0.4 is 4.74 Å². The monoisotopic (exact) mass is 293 g/mol. The Morgan fingerprint density at radius 1 is 0.955 bits per heavy atom. The van der Waals surface area contributed by atoms with E-state index in [0.717, 1.165) is 17.5 Å². The van der Waals surface area contributed by atoms with Crippen molar-refractivity contribution < 1.29 is 9.66 Å². The highest BCUT2D eigenvalue weighted by Gasteiger charge is 2.06. The summed E-state index contributed by atoms with van der Waals surface area (Å²) in [6, 6.07) is 15.9. The molecule has 3 aromatic rings. The molecule has 2 heterocycles. The smallest absolute Gasteiger partial charge is 0.287 e. The SMILES string of the molecule is O=[N+]([O-])c1ccc(Oc2ccc(-c3ccccn3)cc2)nc1. The molecule has 2 aromatic heterocycles. The third-order valence-electron chi connectivity index (χ3n) is 2.97. The number of aromatic nitrogens is 2. The Hall–Kier alpha value is -3.28. The number of nitro groups is 1. The molecule has 1 aromatic carbocycles. The van der Waals surface area contributed by atoms with Gasteiger partial charge in [0.1, 0.15) is 11.9 Å². The van der Waals surface area contributed by atoms with Gasteiger partial charge in [-0.3, -0.25) is 15.1 Å². The summed E-state index contributed by atoms with van der Waals surface area (Å²) in [6.07, 6.45) is 2.90. The van der Waals surface area contributed by atoms with Crippen LogP contribution in [0.1, 0.15) is 0 Å². The molecule has 0 spiro atoms. The molecule has 0 saturated carbocycles. The van der Waals surface area contributed by atoms with E-state index in [0.29, 0.717) is 11.6 Å². The van der Waals surface area contributed by atoms with Crippen molar-refractivity contribution in [3.8, 4) is 22.9 Å². The maximum absolute atomic E-state index is 10.6. The standard InChI is InChI=1S/C16H11N3O3/c20-19(21)13-6-9-16(18-11-13)22-14-7-4-12(5-8-14)15-3-1-2-10-17-15/h1-11H. The minimum absolute atomic E-state index is 0.0714. The summed E-state index contributed by atoms with van der Waals surface area (Å²) < 4.78 is 5.55. The number of nitrogens with zero attached hydrogens (tertiary/aromatic N) is 3. The molecule has 6 heteroatoms. The number of rotatable bonds is 4. The van der Waals surface area contributed by atoms with E-state index in [1.807, 2.05) is 30.3 Å². The lowest BCUT2D eigenvalue weighted by Crippen LogP contribution is -1.91. The second-order valence-electron chi connectivity index (χ2n) is 4.45. The van der Waals surface area contributed by atoms with Gasteiger partial charge in [0.15, 0.2) is 0 Å². The number of pyridine rings is 2. The Morgan fingerprint density at radius 3 is 2.36 bits per heavy atom. The average molecular weight is 293 g/mol. The fraction of sp³-hybridized carbons (Fsp3) is 0. The third-order valence-corrected chi connectivity index (χ3v) is 2.97. The quantitative estimate of drug-likeness (QED) is 0.539. The number of ether oxygens (including phenoxy) is 1. The summed E-state index contributed by atoms with van der Waals surface area (Å²) >= 11 is 0. The Balaban J connectivity index is 1.75. The average Bonchev–Trinajstić information content (AvgIpc) is 2.57. The van der Waals surface area contributed by atoms with Crippen molar-refractivity contribution in [1.29, 1.82) is 0 Å². The van der Waals surface area contributed by atoms with E-state index in [9.17, 15) is 10.1 Å². The van der Waals surface area contributed by atoms with E-state index in [1.54, 1.807) is 18.3 Å². The van der Waals surface area contributed by atoms with Gasteiger partial charge in [-0.2, -0.15) is 0 Å². The van der Waals surface area contributed by atoms with Crippen LogP contribution in [-0.4, -0.2) is 14.9 Å². The maximum Gasteiger partial charge on any atom is 0.287 e. The number of hydrogen-bond donors (Lipinski definition) is 0. The molecule has 0 aliphatic carbocycles. The molecule has 3 rings (SSSR count). The van der Waals surface area contributed by atoms with Gasteiger partial charge >= 0.3 is 0 Å². The van der Waals surface area contributed by atoms with Gasteiger partial charge in [-0.05, 0) is 36.4 Å². The minimum atomic E-state index is -0.502. The Bertz CT molecular complexity index is 772. The van der Waals surface area contributed by atoms with Crippen molar-refractivity contribution in [2.45, 2.75) is 0 Å². The Kier molecular flexibility index (Phi) is 3.74. The lowest BCUT2D eigenvalue weighted by atomic mass is 10.1. The molecule has 22 heavy (non-hydrogen) atoms. The first-order valence-electron chi connectivity index (χ1n) is 6.52. The van der Waals surface area contributed by atoms with Crippen LogP contribution in [0.5, 0.6) is 11.6 Å². The van der Waals surface area contributed by atoms with Crippen LogP contribution in [-0.2, 0) is 0 Å². The van der Waals surface area contributed by atoms with Crippen LogP contribution >= 0.6 is 0 Å². The zero-order chi connectivity index (χ0) is 15.4. The van der Waals surface area contributed by atoms with Crippen LogP contribution in [0.4, 0.5) is 5.69 Å². The van der Waals surface area contributed by atoms with Crippen molar-refractivity contribution in [2.24, 2.45) is 0 Å². The molecule has 0 aliphatic heterocycles. The van der Waals surface area contributed by atoms with Crippen molar-refractivity contribution >= 4 is 5.69 Å². The van der Waals surface area contributed by atoms with Gasteiger partial charge in [-0.25, -0.2) is 4.98 Å². The molecule has 0 saturated heterocycles. The zero-order valence-corrected chi connectivity index (χ0v) is 11.4. The number of hydrogen-bond acceptors (Lipinski definition) is 5. The first kappa shape index (κ1) is 13.7. The van der Waals surface area contributed by atoms with Crippen LogP contribution in [0, 0.1) is 10.1 Å². The summed E-state index contributed by atoms with van der Waals surface area (Å²) in [5.41, 5.74) is 1.78. The zero-order valence-electron chi connectivity index (χ0n) is 11.4. The Labute approximate surface area is 126 Å². The maximum atomic E-state index is 10.6. The van der Waals surface area contributed by atoms with Crippen molar-refractivity contribution in [3.05, 3.63) is 77.1 Å².